The van der Waals surface area contributed by atoms with E-state index in [1.54, 1.807) is 6.20 Å². The molecule has 1 saturated heterocycles. The van der Waals surface area contributed by atoms with Crippen molar-refractivity contribution in [2.45, 2.75) is 6.42 Å². The lowest BCUT2D eigenvalue weighted by atomic mass is 10.1. The predicted octanol–water partition coefficient (Wildman–Crippen LogP) is 2.55. The van der Waals surface area contributed by atoms with Gasteiger partial charge in [-0.15, -0.1) is 0 Å². The molecule has 1 aromatic carbocycles. The fourth-order valence-electron chi connectivity index (χ4n) is 4.07. The number of anilines is 1. The Bertz CT molecular complexity index is 1120. The molecule has 31 heavy (non-hydrogen) atoms. The van der Waals surface area contributed by atoms with Crippen molar-refractivity contribution in [3.8, 4) is 11.5 Å². The highest BCUT2D eigenvalue weighted by Gasteiger charge is 2.26. The molecule has 0 radical (unpaired) electrons. The summed E-state index contributed by atoms with van der Waals surface area (Å²) >= 11 is 0. The quantitative estimate of drug-likeness (QED) is 0.657. The molecule has 0 spiro atoms. The van der Waals surface area contributed by atoms with Crippen molar-refractivity contribution < 1.29 is 7.65 Å². The first kappa shape index (κ1) is 19.5. The number of amides is 2. The first-order valence-corrected chi connectivity index (χ1v) is 10.6. The van der Waals surface area contributed by atoms with Crippen molar-refractivity contribution in [1.29, 1.82) is 0 Å². The van der Waals surface area contributed by atoms with Crippen LogP contribution in [0, 0.1) is 0 Å². The Morgan fingerprint density at radius 1 is 1.10 bits per heavy atom. The molecule has 0 saturated carbocycles. The van der Waals surface area contributed by atoms with Crippen LogP contribution in [-0.4, -0.2) is 87.0 Å². The van der Waals surface area contributed by atoms with Crippen molar-refractivity contribution in [3.63, 3.8) is 0 Å². The van der Waals surface area contributed by atoms with Gasteiger partial charge < -0.3 is 25.4 Å². The van der Waals surface area contributed by atoms with E-state index in [0.29, 0.717) is 30.4 Å². The zero-order chi connectivity index (χ0) is 21.4. The third-order valence-corrected chi connectivity index (χ3v) is 6.00. The number of hydrogen-bond donors (Lipinski definition) is 2. The molecule has 0 unspecified atom stereocenters. The fraction of sp³-hybridized carbons (Fsp3) is 0.364. The van der Waals surface area contributed by atoms with Crippen LogP contribution in [0.3, 0.4) is 0 Å². The number of urea groups is 1. The lowest BCUT2D eigenvalue weighted by Gasteiger charge is -2.37. The molecule has 5 rings (SSSR count). The maximum Gasteiger partial charge on any atom is 0.320 e. The number of benzene rings is 1. The number of nitrogens with one attached hydrogen (secondary N) is 1. The zero-order valence-corrected chi connectivity index (χ0v) is 17.6. The highest BCUT2D eigenvalue weighted by Crippen LogP contribution is 2.27. The summed E-state index contributed by atoms with van der Waals surface area (Å²) < 4.78 is 0. The van der Waals surface area contributed by atoms with E-state index >= 15 is 0 Å². The summed E-state index contributed by atoms with van der Waals surface area (Å²) in [5.74, 6) is 0.947. The predicted molar refractivity (Wildman–Crippen MR) is 124 cm³/mol. The van der Waals surface area contributed by atoms with E-state index in [2.05, 4.69) is 33.0 Å². The van der Waals surface area contributed by atoms with E-state index in [1.165, 1.54) is 0 Å². The van der Waals surface area contributed by atoms with Gasteiger partial charge in [-0.05, 0) is 31.2 Å². The van der Waals surface area contributed by atoms with E-state index in [9.17, 15) is 4.79 Å². The second-order valence-corrected chi connectivity index (χ2v) is 8.09. The molecule has 4 heterocycles. The smallest absolute Gasteiger partial charge is 0.320 e. The van der Waals surface area contributed by atoms with E-state index in [4.69, 9.17) is 10.7 Å². The number of likely N-dealkylation sites (N-methyl/N-ethyl adjacent to an activating group) is 1. The van der Waals surface area contributed by atoms with Crippen LogP contribution in [0.4, 0.5) is 10.6 Å². The largest absolute Gasteiger partial charge is 0.382 e. The molecule has 0 bridgehead atoms. The van der Waals surface area contributed by atoms with Gasteiger partial charge in [0.15, 0.2) is 11.6 Å². The third-order valence-electron chi connectivity index (χ3n) is 6.00. The van der Waals surface area contributed by atoms with Crippen LogP contribution in [0.25, 0.3) is 28.1 Å². The van der Waals surface area contributed by atoms with Crippen molar-refractivity contribution in [2.75, 3.05) is 52.0 Å². The van der Waals surface area contributed by atoms with Crippen molar-refractivity contribution in [1.82, 2.24) is 34.6 Å². The van der Waals surface area contributed by atoms with Crippen LogP contribution in [0.15, 0.2) is 36.5 Å². The summed E-state index contributed by atoms with van der Waals surface area (Å²) in [7, 11) is 2.09. The van der Waals surface area contributed by atoms with Gasteiger partial charge in [0, 0.05) is 42.1 Å². The van der Waals surface area contributed by atoms with Gasteiger partial charge in [-0.1, -0.05) is 18.2 Å². The number of aromatic nitrogens is 4. The van der Waals surface area contributed by atoms with Crippen LogP contribution in [0.5, 0.6) is 0 Å². The number of H-pyrrole nitrogens is 1. The topological polar surface area (TPSA) is 107 Å². The van der Waals surface area contributed by atoms with Gasteiger partial charge in [0.05, 0.1) is 22.9 Å². The number of carbonyl (C=O) groups excluding carboxylic acids is 1. The Hall–Kier alpha value is -3.46. The van der Waals surface area contributed by atoms with Crippen LogP contribution < -0.4 is 5.73 Å². The average molecular weight is 423 g/mol. The summed E-state index contributed by atoms with van der Waals surface area (Å²) in [6.07, 6.45) is 4.50. The zero-order valence-electron chi connectivity index (χ0n) is 17.6. The van der Waals surface area contributed by atoms with Gasteiger partial charge in [0.25, 0.3) is 0 Å². The molecule has 3 N–H and O–H groups in total. The highest BCUT2D eigenvalue weighted by molar-refractivity contribution is 5.81. The number of nitrogens with zero attached hydrogens (tertiary/aromatic N) is 6. The number of hydrogen-bond acceptors (Lipinski definition) is 6. The standard InChI is InChI=1S/C22H26N8O.2H2/c1-28-10-12-30(13-11-28)22(31)29-8-6-15(7-9-29)18-14-24-20(23)19(25-18)21-26-16-4-2-3-5-17(16)27-21;;/h2-6,14H,7-13H2,1H3,(H2,23,24)(H,26,27);2*1H. The Labute approximate surface area is 183 Å². The summed E-state index contributed by atoms with van der Waals surface area (Å²) in [6, 6.07) is 7.93. The molecule has 164 valence electrons. The lowest BCUT2D eigenvalue weighted by molar-refractivity contribution is 0.125. The number of nitrogen functional groups attached to an aromatic ring is 1. The van der Waals surface area contributed by atoms with Gasteiger partial charge >= 0.3 is 6.03 Å². The van der Waals surface area contributed by atoms with Crippen molar-refractivity contribution in [2.24, 2.45) is 0 Å². The normalized spacial score (nSPS) is 17.8. The van der Waals surface area contributed by atoms with E-state index in [1.807, 2.05) is 34.1 Å². The Kier molecular flexibility index (Phi) is 5.03. The number of imidazole rings is 1. The average Bonchev–Trinajstić information content (AvgIpc) is 3.24. The van der Waals surface area contributed by atoms with E-state index in [-0.39, 0.29) is 8.88 Å². The number of rotatable bonds is 2. The van der Waals surface area contributed by atoms with Crippen LogP contribution >= 0.6 is 0 Å². The Morgan fingerprint density at radius 2 is 1.90 bits per heavy atom. The van der Waals surface area contributed by atoms with Gasteiger partial charge in [-0.3, -0.25) is 0 Å². The number of fused-ring (bicyclic) bond motifs is 1. The minimum Gasteiger partial charge on any atom is -0.382 e. The number of carbonyl (C=O) groups is 1. The third kappa shape index (κ3) is 3.84. The van der Waals surface area contributed by atoms with Crippen molar-refractivity contribution in [3.05, 3.63) is 42.2 Å². The first-order chi connectivity index (χ1) is 15.1. The van der Waals surface area contributed by atoms with Gasteiger partial charge in [0.2, 0.25) is 0 Å². The molecule has 2 aliphatic rings. The van der Waals surface area contributed by atoms with Gasteiger partial charge in [-0.2, -0.15) is 0 Å². The molecule has 2 aliphatic heterocycles. The summed E-state index contributed by atoms with van der Waals surface area (Å²) in [4.78, 5) is 35.9. The molecule has 1 fully saturated rings. The molecule has 0 atom stereocenters. The fourth-order valence-corrected chi connectivity index (χ4v) is 4.07. The molecule has 9 nitrogen and oxygen atoms in total. The SMILES string of the molecule is CN1CCN(C(=O)N2CC=C(c3cnc(N)c(-c4nc5ccccc5[nH]4)n3)CC2)CC1.[HH].[HH]. The maximum atomic E-state index is 12.8. The van der Waals surface area contributed by atoms with Crippen LogP contribution in [0.1, 0.15) is 15.0 Å². The second-order valence-electron chi connectivity index (χ2n) is 8.09. The second kappa shape index (κ2) is 7.99. The van der Waals surface area contributed by atoms with E-state index < -0.39 is 0 Å². The van der Waals surface area contributed by atoms with Crippen molar-refractivity contribution >= 4 is 28.5 Å². The number of piperazine rings is 1. The molecule has 2 aromatic heterocycles. The number of nitrogens with two attached hydrogens (primary N) is 1. The molecule has 0 aliphatic carbocycles. The lowest BCUT2D eigenvalue weighted by Crippen LogP contribution is -2.52. The summed E-state index contributed by atoms with van der Waals surface area (Å²) in [5, 5.41) is 0. The number of para-hydroxylation sites is 2. The van der Waals surface area contributed by atoms with Crippen LogP contribution in [-0.2, 0) is 0 Å². The maximum absolute atomic E-state index is 12.8. The Balaban J connectivity index is 0.00000153. The monoisotopic (exact) mass is 422 g/mol. The van der Waals surface area contributed by atoms with Gasteiger partial charge in [-0.25, -0.2) is 19.7 Å². The first-order valence-electron chi connectivity index (χ1n) is 10.6. The van der Waals surface area contributed by atoms with E-state index in [0.717, 1.165) is 54.9 Å². The van der Waals surface area contributed by atoms with Crippen LogP contribution in [0.2, 0.25) is 0 Å². The highest BCUT2D eigenvalue weighted by atomic mass is 16.2. The summed E-state index contributed by atoms with van der Waals surface area (Å²) in [5.41, 5.74) is 10.3. The number of aromatic amines is 1. The molecular formula is C22H30N8O. The minimum atomic E-state index is 0. The minimum absolute atomic E-state index is 0. The Morgan fingerprint density at radius 3 is 2.65 bits per heavy atom. The van der Waals surface area contributed by atoms with Gasteiger partial charge in [0.1, 0.15) is 5.69 Å². The molecule has 3 aromatic rings. The summed E-state index contributed by atoms with van der Waals surface area (Å²) in [6.45, 7) is 4.66. The molecular weight excluding hydrogens is 392 g/mol. The molecule has 2 amide bonds. The molecule has 9 heteroatoms.